The second kappa shape index (κ2) is 7.84. The number of methoxy groups -OCH3 is 1. The van der Waals surface area contributed by atoms with Crippen LogP contribution in [0.2, 0.25) is 0 Å². The van der Waals surface area contributed by atoms with E-state index in [-0.39, 0.29) is 17.3 Å². The van der Waals surface area contributed by atoms with Crippen LogP contribution in [0.5, 0.6) is 0 Å². The third-order valence-electron chi connectivity index (χ3n) is 3.21. The molecular formula is C15H19N3O4S2. The van der Waals surface area contributed by atoms with E-state index in [9.17, 15) is 13.2 Å². The zero-order valence-corrected chi connectivity index (χ0v) is 15.3. The van der Waals surface area contributed by atoms with Crippen molar-refractivity contribution in [2.24, 2.45) is 0 Å². The number of amides is 1. The van der Waals surface area contributed by atoms with Crippen LogP contribution in [0, 0.1) is 0 Å². The number of hydrogen-bond donors (Lipinski definition) is 1. The van der Waals surface area contributed by atoms with Gasteiger partial charge in [0.15, 0.2) is 0 Å². The number of carbonyl (C=O) groups is 1. The average molecular weight is 369 g/mol. The van der Waals surface area contributed by atoms with Crippen LogP contribution in [0.1, 0.15) is 21.1 Å². The Morgan fingerprint density at radius 3 is 2.54 bits per heavy atom. The van der Waals surface area contributed by atoms with Crippen LogP contribution in [-0.2, 0) is 27.9 Å². The fourth-order valence-corrected chi connectivity index (χ4v) is 3.51. The van der Waals surface area contributed by atoms with Crippen molar-refractivity contribution in [3.05, 3.63) is 45.9 Å². The van der Waals surface area contributed by atoms with Crippen LogP contribution in [0.15, 0.2) is 34.5 Å². The maximum absolute atomic E-state index is 12.0. The molecule has 0 saturated carbocycles. The van der Waals surface area contributed by atoms with Gasteiger partial charge >= 0.3 is 0 Å². The summed E-state index contributed by atoms with van der Waals surface area (Å²) in [5.74, 6) is -0.279. The molecule has 2 aromatic rings. The molecule has 130 valence electrons. The van der Waals surface area contributed by atoms with Gasteiger partial charge in [-0.25, -0.2) is 17.7 Å². The Hall–Kier alpha value is -1.81. The Morgan fingerprint density at radius 1 is 1.29 bits per heavy atom. The van der Waals surface area contributed by atoms with Gasteiger partial charge in [-0.15, -0.1) is 11.3 Å². The molecule has 0 aliphatic carbocycles. The summed E-state index contributed by atoms with van der Waals surface area (Å²) in [7, 11) is 1.09. The van der Waals surface area contributed by atoms with E-state index in [4.69, 9.17) is 4.74 Å². The van der Waals surface area contributed by atoms with Crippen molar-refractivity contribution >= 4 is 27.3 Å². The number of nitrogens with one attached hydrogen (secondary N) is 1. The lowest BCUT2D eigenvalue weighted by Gasteiger charge is -2.11. The van der Waals surface area contributed by atoms with E-state index in [1.54, 1.807) is 24.6 Å². The Balaban J connectivity index is 1.98. The second-order valence-electron chi connectivity index (χ2n) is 5.17. The first-order valence-electron chi connectivity index (χ1n) is 7.07. The fourth-order valence-electron chi connectivity index (χ4n) is 1.87. The first-order valence-corrected chi connectivity index (χ1v) is 9.39. The summed E-state index contributed by atoms with van der Waals surface area (Å²) >= 11 is 1.36. The molecule has 0 aliphatic heterocycles. The van der Waals surface area contributed by atoms with E-state index in [2.05, 4.69) is 10.3 Å². The van der Waals surface area contributed by atoms with Gasteiger partial charge in [-0.2, -0.15) is 0 Å². The standard InChI is InChI=1S/C15H19N3O4S2/c1-18(2)24(20,21)12-6-4-11(5-7-12)8-16-15(19)13-10-23-14(17-13)9-22-3/h4-7,10H,8-9H2,1-3H3,(H,16,19). The summed E-state index contributed by atoms with van der Waals surface area (Å²) in [5, 5.41) is 5.17. The smallest absolute Gasteiger partial charge is 0.271 e. The minimum atomic E-state index is -3.45. The van der Waals surface area contributed by atoms with Gasteiger partial charge in [-0.1, -0.05) is 12.1 Å². The van der Waals surface area contributed by atoms with Crippen molar-refractivity contribution in [2.45, 2.75) is 18.0 Å². The third kappa shape index (κ3) is 4.38. The largest absolute Gasteiger partial charge is 0.378 e. The monoisotopic (exact) mass is 369 g/mol. The van der Waals surface area contributed by atoms with E-state index < -0.39 is 10.0 Å². The van der Waals surface area contributed by atoms with Gasteiger partial charge in [0.1, 0.15) is 10.7 Å². The molecule has 0 unspecified atom stereocenters. The number of carbonyl (C=O) groups excluding carboxylic acids is 1. The molecule has 1 aromatic carbocycles. The Kier molecular flexibility index (Phi) is 6.05. The number of ether oxygens (including phenoxy) is 1. The van der Waals surface area contributed by atoms with E-state index >= 15 is 0 Å². The summed E-state index contributed by atoms with van der Waals surface area (Å²) in [5.41, 5.74) is 1.15. The average Bonchev–Trinajstić information content (AvgIpc) is 3.02. The number of hydrogen-bond acceptors (Lipinski definition) is 6. The van der Waals surface area contributed by atoms with Crippen molar-refractivity contribution in [3.8, 4) is 0 Å². The molecule has 1 heterocycles. The number of nitrogens with zero attached hydrogens (tertiary/aromatic N) is 2. The molecule has 0 fully saturated rings. The van der Waals surface area contributed by atoms with Crippen molar-refractivity contribution in [1.29, 1.82) is 0 Å². The molecule has 0 saturated heterocycles. The van der Waals surface area contributed by atoms with Gasteiger partial charge < -0.3 is 10.1 Å². The molecule has 0 spiro atoms. The molecule has 0 bridgehead atoms. The van der Waals surface area contributed by atoms with E-state index in [0.29, 0.717) is 12.3 Å². The van der Waals surface area contributed by atoms with Crippen LogP contribution in [-0.4, -0.2) is 44.8 Å². The highest BCUT2D eigenvalue weighted by Gasteiger charge is 2.16. The highest BCUT2D eigenvalue weighted by Crippen LogP contribution is 2.14. The molecule has 0 radical (unpaired) electrons. The molecule has 2 rings (SSSR count). The van der Waals surface area contributed by atoms with E-state index in [0.717, 1.165) is 14.9 Å². The Labute approximate surface area is 145 Å². The van der Waals surface area contributed by atoms with E-state index in [1.807, 2.05) is 0 Å². The van der Waals surface area contributed by atoms with Gasteiger partial charge in [-0.05, 0) is 17.7 Å². The fraction of sp³-hybridized carbons (Fsp3) is 0.333. The highest BCUT2D eigenvalue weighted by atomic mass is 32.2. The van der Waals surface area contributed by atoms with Crippen LogP contribution in [0.3, 0.4) is 0 Å². The molecule has 1 aromatic heterocycles. The Bertz CT molecular complexity index is 798. The van der Waals surface area contributed by atoms with Crippen molar-refractivity contribution in [2.75, 3.05) is 21.2 Å². The molecule has 24 heavy (non-hydrogen) atoms. The van der Waals surface area contributed by atoms with Crippen molar-refractivity contribution in [3.63, 3.8) is 0 Å². The normalized spacial score (nSPS) is 11.7. The SMILES string of the molecule is COCc1nc(C(=O)NCc2ccc(S(=O)(=O)N(C)C)cc2)cs1. The molecule has 1 N–H and O–H groups in total. The second-order valence-corrected chi connectivity index (χ2v) is 8.27. The zero-order valence-electron chi connectivity index (χ0n) is 13.6. The van der Waals surface area contributed by atoms with Crippen molar-refractivity contribution in [1.82, 2.24) is 14.6 Å². The Morgan fingerprint density at radius 2 is 1.96 bits per heavy atom. The lowest BCUT2D eigenvalue weighted by atomic mass is 10.2. The lowest BCUT2D eigenvalue weighted by Crippen LogP contribution is -2.24. The summed E-state index contributed by atoms with van der Waals surface area (Å²) in [6.07, 6.45) is 0. The predicted molar refractivity (Wildman–Crippen MR) is 91.3 cm³/mol. The number of sulfonamides is 1. The van der Waals surface area contributed by atoms with Gasteiger partial charge in [-0.3, -0.25) is 4.79 Å². The summed E-state index contributed by atoms with van der Waals surface area (Å²) in [6.45, 7) is 0.665. The topological polar surface area (TPSA) is 88.6 Å². The minimum Gasteiger partial charge on any atom is -0.378 e. The highest BCUT2D eigenvalue weighted by molar-refractivity contribution is 7.89. The van der Waals surface area contributed by atoms with Gasteiger partial charge in [0, 0.05) is 33.1 Å². The predicted octanol–water partition coefficient (Wildman–Crippen LogP) is 1.47. The van der Waals surface area contributed by atoms with E-state index in [1.165, 1.54) is 37.6 Å². The third-order valence-corrected chi connectivity index (χ3v) is 5.86. The number of aromatic nitrogens is 1. The van der Waals surface area contributed by atoms with Gasteiger partial charge in [0.05, 0.1) is 11.5 Å². The summed E-state index contributed by atoms with van der Waals surface area (Å²) in [4.78, 5) is 16.4. The molecule has 0 aliphatic rings. The van der Waals surface area contributed by atoms with Crippen LogP contribution < -0.4 is 5.32 Å². The molecule has 7 nitrogen and oxygen atoms in total. The quantitative estimate of drug-likeness (QED) is 0.798. The maximum atomic E-state index is 12.0. The first kappa shape index (κ1) is 18.5. The summed E-state index contributed by atoms with van der Waals surface area (Å²) in [6, 6.07) is 6.40. The van der Waals surface area contributed by atoms with Crippen LogP contribution in [0.4, 0.5) is 0 Å². The molecule has 9 heteroatoms. The molecule has 0 atom stereocenters. The van der Waals surface area contributed by atoms with Gasteiger partial charge in [0.2, 0.25) is 10.0 Å². The number of benzene rings is 1. The number of thiazole rings is 1. The number of rotatable bonds is 7. The van der Waals surface area contributed by atoms with Gasteiger partial charge in [0.25, 0.3) is 5.91 Å². The molecule has 1 amide bonds. The lowest BCUT2D eigenvalue weighted by molar-refractivity contribution is 0.0946. The van der Waals surface area contributed by atoms with Crippen LogP contribution in [0.25, 0.3) is 0 Å². The minimum absolute atomic E-state index is 0.214. The molecular weight excluding hydrogens is 350 g/mol. The summed E-state index contributed by atoms with van der Waals surface area (Å²) < 4.78 is 30.1. The zero-order chi connectivity index (χ0) is 17.7. The van der Waals surface area contributed by atoms with Crippen molar-refractivity contribution < 1.29 is 17.9 Å². The maximum Gasteiger partial charge on any atom is 0.271 e. The van der Waals surface area contributed by atoms with Crippen LogP contribution >= 0.6 is 11.3 Å². The first-order chi connectivity index (χ1) is 11.3.